The van der Waals surface area contributed by atoms with Crippen LogP contribution in [-0.4, -0.2) is 34.6 Å². The molecule has 0 bridgehead atoms. The van der Waals surface area contributed by atoms with Crippen LogP contribution in [0.15, 0.2) is 18.3 Å². The highest BCUT2D eigenvalue weighted by molar-refractivity contribution is 5.95. The first kappa shape index (κ1) is 14.1. The number of hydrogen-bond acceptors (Lipinski definition) is 5. The van der Waals surface area contributed by atoms with Crippen molar-refractivity contribution in [3.63, 3.8) is 0 Å². The van der Waals surface area contributed by atoms with Gasteiger partial charge in [-0.25, -0.2) is 0 Å². The summed E-state index contributed by atoms with van der Waals surface area (Å²) >= 11 is 0. The zero-order chi connectivity index (χ0) is 13.5. The monoisotopic (exact) mass is 252 g/mol. The number of rotatable bonds is 5. The molecule has 0 atom stereocenters. The van der Waals surface area contributed by atoms with E-state index in [1.807, 2.05) is 0 Å². The molecule has 1 heterocycles. The van der Waals surface area contributed by atoms with Gasteiger partial charge < -0.3 is 15.2 Å². The average molecular weight is 252 g/mol. The number of amides is 1. The molecule has 18 heavy (non-hydrogen) atoms. The van der Waals surface area contributed by atoms with Gasteiger partial charge in [-0.2, -0.15) is 0 Å². The predicted molar refractivity (Wildman–Crippen MR) is 63.7 cm³/mol. The number of esters is 1. The van der Waals surface area contributed by atoms with Crippen molar-refractivity contribution in [3.05, 3.63) is 29.6 Å². The summed E-state index contributed by atoms with van der Waals surface area (Å²) in [5, 5.41) is 11.3. The molecule has 0 spiro atoms. The lowest BCUT2D eigenvalue weighted by Gasteiger charge is -2.09. The molecule has 1 aromatic rings. The summed E-state index contributed by atoms with van der Waals surface area (Å²) in [6.07, 6.45) is 1.21. The maximum absolute atomic E-state index is 11.7. The zero-order valence-electron chi connectivity index (χ0n) is 10.3. The Morgan fingerprint density at radius 3 is 2.83 bits per heavy atom. The lowest BCUT2D eigenvalue weighted by atomic mass is 10.2. The second-order valence-corrected chi connectivity index (χ2v) is 3.92. The van der Waals surface area contributed by atoms with Crippen LogP contribution in [0, 0.1) is 0 Å². The fourth-order valence-corrected chi connectivity index (χ4v) is 1.26. The summed E-state index contributed by atoms with van der Waals surface area (Å²) in [5.41, 5.74) is 0.735. The van der Waals surface area contributed by atoms with Crippen LogP contribution >= 0.6 is 0 Å². The molecule has 0 saturated carbocycles. The molecule has 0 aromatic carbocycles. The normalized spacial score (nSPS) is 10.2. The summed E-state index contributed by atoms with van der Waals surface area (Å²) in [7, 11) is 0. The smallest absolute Gasteiger partial charge is 0.325 e. The fourth-order valence-electron chi connectivity index (χ4n) is 1.26. The third-order valence-corrected chi connectivity index (χ3v) is 2.00. The van der Waals surface area contributed by atoms with Crippen LogP contribution in [0.4, 0.5) is 0 Å². The van der Waals surface area contributed by atoms with Crippen molar-refractivity contribution in [2.75, 3.05) is 6.54 Å². The van der Waals surface area contributed by atoms with Gasteiger partial charge in [0.15, 0.2) is 0 Å². The van der Waals surface area contributed by atoms with E-state index in [-0.39, 0.29) is 19.3 Å². The van der Waals surface area contributed by atoms with Crippen molar-refractivity contribution in [2.45, 2.75) is 26.6 Å². The molecule has 2 N–H and O–H groups in total. The third kappa shape index (κ3) is 4.50. The summed E-state index contributed by atoms with van der Waals surface area (Å²) < 4.78 is 4.88. The quantitative estimate of drug-likeness (QED) is 0.734. The molecular formula is C12H16N2O4. The summed E-state index contributed by atoms with van der Waals surface area (Å²) in [6, 6.07) is 2.96. The van der Waals surface area contributed by atoms with Gasteiger partial charge in [0.1, 0.15) is 6.54 Å². The molecule has 0 aliphatic carbocycles. The number of nitrogens with one attached hydrogen (secondary N) is 1. The van der Waals surface area contributed by atoms with Crippen molar-refractivity contribution in [2.24, 2.45) is 0 Å². The second-order valence-electron chi connectivity index (χ2n) is 3.92. The molecule has 98 valence electrons. The molecule has 0 radical (unpaired) electrons. The molecule has 1 rings (SSSR count). The second kappa shape index (κ2) is 6.70. The van der Waals surface area contributed by atoms with Crippen LogP contribution < -0.4 is 5.32 Å². The Hall–Kier alpha value is -1.95. The van der Waals surface area contributed by atoms with E-state index in [0.717, 1.165) is 0 Å². The molecular weight excluding hydrogens is 236 g/mol. The molecule has 0 unspecified atom stereocenters. The number of aliphatic hydroxyl groups is 1. The van der Waals surface area contributed by atoms with E-state index in [1.165, 1.54) is 18.3 Å². The van der Waals surface area contributed by atoms with Gasteiger partial charge in [0, 0.05) is 11.8 Å². The zero-order valence-corrected chi connectivity index (χ0v) is 10.3. The van der Waals surface area contributed by atoms with E-state index in [9.17, 15) is 9.59 Å². The van der Waals surface area contributed by atoms with Gasteiger partial charge in [0.2, 0.25) is 0 Å². The molecule has 1 amide bonds. The molecule has 0 fully saturated rings. The number of hydrogen-bond donors (Lipinski definition) is 2. The number of aromatic nitrogens is 1. The van der Waals surface area contributed by atoms with Crippen molar-refractivity contribution >= 4 is 11.9 Å². The van der Waals surface area contributed by atoms with Crippen LogP contribution in [0.3, 0.4) is 0 Å². The van der Waals surface area contributed by atoms with E-state index >= 15 is 0 Å². The molecule has 6 nitrogen and oxygen atoms in total. The number of nitrogens with zero attached hydrogens (tertiary/aromatic N) is 1. The highest BCUT2D eigenvalue weighted by Gasteiger charge is 2.10. The Labute approximate surface area is 105 Å². The fraction of sp³-hybridized carbons (Fsp3) is 0.417. The Morgan fingerprint density at radius 2 is 2.22 bits per heavy atom. The van der Waals surface area contributed by atoms with Crippen LogP contribution in [0.1, 0.15) is 29.9 Å². The van der Waals surface area contributed by atoms with Gasteiger partial charge in [-0.15, -0.1) is 0 Å². The highest BCUT2D eigenvalue weighted by atomic mass is 16.5. The van der Waals surface area contributed by atoms with Crippen LogP contribution in [0.2, 0.25) is 0 Å². The van der Waals surface area contributed by atoms with Crippen molar-refractivity contribution in [3.8, 4) is 0 Å². The number of aliphatic hydroxyl groups excluding tert-OH is 1. The first-order valence-corrected chi connectivity index (χ1v) is 5.56. The van der Waals surface area contributed by atoms with Crippen LogP contribution in [0.25, 0.3) is 0 Å². The average Bonchev–Trinajstić information content (AvgIpc) is 2.35. The summed E-state index contributed by atoms with van der Waals surface area (Å²) in [4.78, 5) is 26.8. The molecule has 0 saturated heterocycles. The largest absolute Gasteiger partial charge is 0.462 e. The van der Waals surface area contributed by atoms with E-state index in [4.69, 9.17) is 9.84 Å². The maximum Gasteiger partial charge on any atom is 0.325 e. The van der Waals surface area contributed by atoms with E-state index in [1.54, 1.807) is 13.8 Å². The number of carbonyl (C=O) groups excluding carboxylic acids is 2. The summed E-state index contributed by atoms with van der Waals surface area (Å²) in [5.74, 6) is -0.900. The Balaban J connectivity index is 2.52. The predicted octanol–water partition coefficient (Wildman–Crippen LogP) is 0.255. The van der Waals surface area contributed by atoms with Gasteiger partial charge in [0.05, 0.1) is 18.4 Å². The minimum atomic E-state index is -0.491. The Morgan fingerprint density at radius 1 is 1.50 bits per heavy atom. The Kier molecular flexibility index (Phi) is 5.26. The van der Waals surface area contributed by atoms with E-state index < -0.39 is 11.9 Å². The summed E-state index contributed by atoms with van der Waals surface area (Å²) in [6.45, 7) is 3.04. The van der Waals surface area contributed by atoms with Gasteiger partial charge in [0.25, 0.3) is 5.91 Å². The third-order valence-electron chi connectivity index (χ3n) is 2.00. The van der Waals surface area contributed by atoms with Crippen LogP contribution in [0.5, 0.6) is 0 Å². The maximum atomic E-state index is 11.7. The SMILES string of the molecule is CC(C)OC(=O)CNC(=O)c1ccnc(CO)c1. The van der Waals surface area contributed by atoms with Gasteiger partial charge >= 0.3 is 5.97 Å². The van der Waals surface area contributed by atoms with Gasteiger partial charge in [-0.05, 0) is 26.0 Å². The number of carbonyl (C=O) groups is 2. The standard InChI is InChI=1S/C12H16N2O4/c1-8(2)18-11(16)6-14-12(17)9-3-4-13-10(5-9)7-15/h3-5,8,15H,6-7H2,1-2H3,(H,14,17). The number of ether oxygens (including phenoxy) is 1. The number of pyridine rings is 1. The van der Waals surface area contributed by atoms with Crippen molar-refractivity contribution < 1.29 is 19.4 Å². The van der Waals surface area contributed by atoms with Gasteiger partial charge in [-0.3, -0.25) is 14.6 Å². The lowest BCUT2D eigenvalue weighted by molar-refractivity contribution is -0.146. The first-order valence-electron chi connectivity index (χ1n) is 5.56. The van der Waals surface area contributed by atoms with Gasteiger partial charge in [-0.1, -0.05) is 0 Å². The van der Waals surface area contributed by atoms with Crippen molar-refractivity contribution in [1.29, 1.82) is 0 Å². The van der Waals surface area contributed by atoms with E-state index in [0.29, 0.717) is 11.3 Å². The Bertz CT molecular complexity index is 432. The van der Waals surface area contributed by atoms with E-state index in [2.05, 4.69) is 10.3 Å². The first-order chi connectivity index (χ1) is 8.52. The van der Waals surface area contributed by atoms with Crippen LogP contribution in [-0.2, 0) is 16.1 Å². The minimum absolute atomic E-state index is 0.187. The highest BCUT2D eigenvalue weighted by Crippen LogP contribution is 2.01. The molecule has 1 aromatic heterocycles. The molecule has 0 aliphatic rings. The lowest BCUT2D eigenvalue weighted by Crippen LogP contribution is -2.31. The molecule has 6 heteroatoms. The minimum Gasteiger partial charge on any atom is -0.462 e. The van der Waals surface area contributed by atoms with Crippen molar-refractivity contribution in [1.82, 2.24) is 10.3 Å². The molecule has 0 aliphatic heterocycles. The topological polar surface area (TPSA) is 88.5 Å².